The van der Waals surface area contributed by atoms with Gasteiger partial charge in [-0.15, -0.1) is 0 Å². The van der Waals surface area contributed by atoms with Gasteiger partial charge >= 0.3 is 12.1 Å². The molecule has 9 nitrogen and oxygen atoms in total. The Morgan fingerprint density at radius 1 is 0.767 bits per heavy atom. The van der Waals surface area contributed by atoms with Gasteiger partial charge in [0.25, 0.3) is 0 Å². The Kier molecular flexibility index (Phi) is 9.59. The molecule has 6 N–H and O–H groups in total. The van der Waals surface area contributed by atoms with Crippen molar-refractivity contribution in [3.63, 3.8) is 0 Å². The second-order valence-corrected chi connectivity index (χ2v) is 6.67. The number of urea groups is 1. The number of carboxylic acid groups (broad SMARTS) is 1. The van der Waals surface area contributed by atoms with Crippen LogP contribution in [-0.4, -0.2) is 71.7 Å². The van der Waals surface area contributed by atoms with Gasteiger partial charge in [-0.3, -0.25) is 10.2 Å². The van der Waals surface area contributed by atoms with Crippen LogP contribution in [0.3, 0.4) is 0 Å². The highest BCUT2D eigenvalue weighted by Crippen LogP contribution is 2.16. The number of nitrogens with one attached hydrogen (secondary N) is 3. The lowest BCUT2D eigenvalue weighted by atomic mass is 10.0. The molecule has 0 radical (unpaired) electrons. The topological polar surface area (TPSA) is 134 Å². The quantitative estimate of drug-likeness (QED) is 0.331. The summed E-state index contributed by atoms with van der Waals surface area (Å²) in [5, 5.41) is 34.5. The number of rotatable bonds is 11. The van der Waals surface area contributed by atoms with Crippen LogP contribution in [0.25, 0.3) is 0 Å². The molecule has 0 saturated heterocycles. The van der Waals surface area contributed by atoms with Crippen molar-refractivity contribution in [3.05, 3.63) is 59.7 Å². The number of benzene rings is 2. The van der Waals surface area contributed by atoms with Crippen molar-refractivity contribution >= 4 is 23.5 Å². The summed E-state index contributed by atoms with van der Waals surface area (Å²) in [4.78, 5) is 24.5. The van der Waals surface area contributed by atoms with Crippen LogP contribution in [0.4, 0.5) is 21.0 Å². The smallest absolute Gasteiger partial charge is 0.409 e. The molecule has 0 aliphatic heterocycles. The van der Waals surface area contributed by atoms with E-state index >= 15 is 0 Å². The molecule has 3 amide bonds. The Morgan fingerprint density at radius 2 is 1.27 bits per heavy atom. The van der Waals surface area contributed by atoms with Crippen LogP contribution in [0.15, 0.2) is 48.5 Å². The van der Waals surface area contributed by atoms with Gasteiger partial charge in [0.1, 0.15) is 0 Å². The largest absolute Gasteiger partial charge is 0.465 e. The van der Waals surface area contributed by atoms with E-state index < -0.39 is 6.09 Å². The number of carbonyl (C=O) groups is 2. The van der Waals surface area contributed by atoms with E-state index in [-0.39, 0.29) is 19.2 Å². The summed E-state index contributed by atoms with van der Waals surface area (Å²) in [6.07, 6.45) is -0.409. The Bertz CT molecular complexity index is 790. The van der Waals surface area contributed by atoms with E-state index in [1.165, 1.54) is 0 Å². The SMILES string of the molecule is O=C(O)Nc1ccc(Cc2ccc(NC(=O)NCCN(CCO)CCO)cc2)cc1. The highest BCUT2D eigenvalue weighted by Gasteiger charge is 2.06. The third-order valence-corrected chi connectivity index (χ3v) is 4.37. The summed E-state index contributed by atoms with van der Waals surface area (Å²) in [6, 6.07) is 14.3. The molecule has 0 spiro atoms. The summed E-state index contributed by atoms with van der Waals surface area (Å²) < 4.78 is 0. The lowest BCUT2D eigenvalue weighted by Crippen LogP contribution is -2.39. The first-order valence-electron chi connectivity index (χ1n) is 9.67. The van der Waals surface area contributed by atoms with Gasteiger partial charge in [-0.1, -0.05) is 24.3 Å². The maximum Gasteiger partial charge on any atom is 0.409 e. The molecule has 0 fully saturated rings. The number of aliphatic hydroxyl groups excluding tert-OH is 2. The average Bonchev–Trinajstić information content (AvgIpc) is 2.71. The zero-order valence-electron chi connectivity index (χ0n) is 16.7. The number of anilines is 2. The van der Waals surface area contributed by atoms with Crippen molar-refractivity contribution < 1.29 is 24.9 Å². The monoisotopic (exact) mass is 416 g/mol. The number of amides is 3. The van der Waals surface area contributed by atoms with E-state index in [9.17, 15) is 9.59 Å². The summed E-state index contributed by atoms with van der Waals surface area (Å²) in [5.74, 6) is 0. The van der Waals surface area contributed by atoms with Crippen LogP contribution in [0.5, 0.6) is 0 Å². The maximum atomic E-state index is 12.0. The van der Waals surface area contributed by atoms with Gasteiger partial charge in [0.2, 0.25) is 0 Å². The van der Waals surface area contributed by atoms with E-state index in [2.05, 4.69) is 16.0 Å². The summed E-state index contributed by atoms with van der Waals surface area (Å²) >= 11 is 0. The minimum atomic E-state index is -1.09. The van der Waals surface area contributed by atoms with E-state index in [0.29, 0.717) is 44.0 Å². The fraction of sp³-hybridized carbons (Fsp3) is 0.333. The molecule has 0 saturated carbocycles. The molecule has 0 atom stereocenters. The molecule has 0 unspecified atom stereocenters. The number of carbonyl (C=O) groups excluding carboxylic acids is 1. The van der Waals surface area contributed by atoms with E-state index in [1.807, 2.05) is 41.3 Å². The second-order valence-electron chi connectivity index (χ2n) is 6.67. The Morgan fingerprint density at radius 3 is 1.73 bits per heavy atom. The highest BCUT2D eigenvalue weighted by molar-refractivity contribution is 5.89. The lowest BCUT2D eigenvalue weighted by Gasteiger charge is -2.20. The van der Waals surface area contributed by atoms with Gasteiger partial charge in [0.05, 0.1) is 13.2 Å². The molecule has 0 aliphatic carbocycles. The van der Waals surface area contributed by atoms with Crippen molar-refractivity contribution in [1.82, 2.24) is 10.2 Å². The van der Waals surface area contributed by atoms with Crippen LogP contribution >= 0.6 is 0 Å². The van der Waals surface area contributed by atoms with Crippen molar-refractivity contribution in [2.75, 3.05) is 50.0 Å². The van der Waals surface area contributed by atoms with E-state index in [4.69, 9.17) is 15.3 Å². The molecule has 30 heavy (non-hydrogen) atoms. The van der Waals surface area contributed by atoms with Crippen molar-refractivity contribution in [1.29, 1.82) is 0 Å². The Balaban J connectivity index is 1.78. The lowest BCUT2D eigenvalue weighted by molar-refractivity contribution is 0.162. The number of aliphatic hydroxyl groups is 2. The van der Waals surface area contributed by atoms with Gasteiger partial charge < -0.3 is 26.0 Å². The molecular weight excluding hydrogens is 388 g/mol. The molecule has 9 heteroatoms. The molecule has 2 aromatic carbocycles. The molecular formula is C21H28N4O5. The van der Waals surface area contributed by atoms with E-state index in [0.717, 1.165) is 11.1 Å². The van der Waals surface area contributed by atoms with Crippen LogP contribution in [0.2, 0.25) is 0 Å². The van der Waals surface area contributed by atoms with Gasteiger partial charge in [0.15, 0.2) is 0 Å². The van der Waals surface area contributed by atoms with Crippen molar-refractivity contribution in [2.24, 2.45) is 0 Å². The fourth-order valence-electron chi connectivity index (χ4n) is 2.89. The Labute approximate surface area is 175 Å². The normalized spacial score (nSPS) is 10.6. The number of nitrogens with zero attached hydrogens (tertiary/aromatic N) is 1. The first kappa shape index (κ1) is 23.1. The predicted octanol–water partition coefficient (Wildman–Crippen LogP) is 1.78. The fourth-order valence-corrected chi connectivity index (χ4v) is 2.89. The van der Waals surface area contributed by atoms with Crippen LogP contribution in [-0.2, 0) is 6.42 Å². The number of hydrogen-bond acceptors (Lipinski definition) is 5. The molecule has 0 heterocycles. The summed E-state index contributed by atoms with van der Waals surface area (Å²) in [7, 11) is 0. The molecule has 0 aliphatic rings. The van der Waals surface area contributed by atoms with E-state index in [1.54, 1.807) is 12.1 Å². The number of hydrogen-bond donors (Lipinski definition) is 6. The molecule has 0 aromatic heterocycles. The van der Waals surface area contributed by atoms with Crippen molar-refractivity contribution in [3.8, 4) is 0 Å². The second kappa shape index (κ2) is 12.4. The highest BCUT2D eigenvalue weighted by atomic mass is 16.4. The molecule has 2 rings (SSSR count). The molecule has 162 valence electrons. The molecule has 2 aromatic rings. The summed E-state index contributed by atoms with van der Waals surface area (Å²) in [5.41, 5.74) is 3.29. The van der Waals surface area contributed by atoms with Gasteiger partial charge in [-0.2, -0.15) is 0 Å². The van der Waals surface area contributed by atoms with Crippen LogP contribution < -0.4 is 16.0 Å². The molecule has 0 bridgehead atoms. The zero-order valence-corrected chi connectivity index (χ0v) is 16.7. The third kappa shape index (κ3) is 8.48. The zero-order chi connectivity index (χ0) is 21.8. The van der Waals surface area contributed by atoms with Crippen LogP contribution in [0.1, 0.15) is 11.1 Å². The van der Waals surface area contributed by atoms with Crippen LogP contribution in [0, 0.1) is 0 Å². The van der Waals surface area contributed by atoms with Gasteiger partial charge in [0, 0.05) is 37.6 Å². The standard InChI is InChI=1S/C21H28N4O5/c26-13-11-25(12-14-27)10-9-22-20(28)23-18-5-1-16(2-6-18)15-17-3-7-19(8-4-17)24-21(29)30/h1-8,24,26-27H,9-15H2,(H,29,30)(H2,22,23,28). The minimum Gasteiger partial charge on any atom is -0.465 e. The van der Waals surface area contributed by atoms with Gasteiger partial charge in [-0.25, -0.2) is 9.59 Å². The average molecular weight is 416 g/mol. The minimum absolute atomic E-state index is 0.00190. The maximum absolute atomic E-state index is 12.0. The first-order valence-corrected chi connectivity index (χ1v) is 9.67. The Hall–Kier alpha value is -3.14. The summed E-state index contributed by atoms with van der Waals surface area (Å²) in [6.45, 7) is 1.84. The third-order valence-electron chi connectivity index (χ3n) is 4.37. The van der Waals surface area contributed by atoms with Crippen molar-refractivity contribution in [2.45, 2.75) is 6.42 Å². The van der Waals surface area contributed by atoms with Gasteiger partial charge in [-0.05, 0) is 41.8 Å². The first-order chi connectivity index (χ1) is 14.5. The predicted molar refractivity (Wildman–Crippen MR) is 115 cm³/mol.